The maximum Gasteiger partial charge on any atom is 0.264 e. The molecule has 1 amide bonds. The maximum absolute atomic E-state index is 13.4. The molecule has 0 radical (unpaired) electrons. The monoisotopic (exact) mass is 419 g/mol. The molecule has 1 aromatic carbocycles. The number of aromatic nitrogens is 2. The topological polar surface area (TPSA) is 61.4 Å². The predicted octanol–water partition coefficient (Wildman–Crippen LogP) is 4.00. The number of rotatable bonds is 4. The Labute approximate surface area is 170 Å². The number of amides is 1. The first-order chi connectivity index (χ1) is 13.4. The van der Waals surface area contributed by atoms with Gasteiger partial charge in [0.05, 0.1) is 15.3 Å². The zero-order valence-corrected chi connectivity index (χ0v) is 17.0. The zero-order valence-electron chi connectivity index (χ0n) is 15.4. The number of fused-ring (bicyclic) bond motifs is 1. The number of hydrogen-bond donors (Lipinski definition) is 1. The van der Waals surface area contributed by atoms with Crippen molar-refractivity contribution in [2.75, 3.05) is 32.5 Å². The average molecular weight is 420 g/mol. The molecule has 6 nitrogen and oxygen atoms in total. The number of halogens is 2. The van der Waals surface area contributed by atoms with Crippen LogP contribution in [0.5, 0.6) is 0 Å². The van der Waals surface area contributed by atoms with Crippen molar-refractivity contribution in [1.82, 2.24) is 19.8 Å². The second-order valence-corrected chi connectivity index (χ2v) is 8.40. The first-order valence-electron chi connectivity index (χ1n) is 8.84. The summed E-state index contributed by atoms with van der Waals surface area (Å²) in [4.78, 5) is 26.9. The van der Waals surface area contributed by atoms with Gasteiger partial charge in [-0.15, -0.1) is 11.3 Å². The Morgan fingerprint density at radius 3 is 2.89 bits per heavy atom. The number of benzene rings is 1. The second-order valence-electron chi connectivity index (χ2n) is 6.96. The van der Waals surface area contributed by atoms with Gasteiger partial charge in [0.1, 0.15) is 22.8 Å². The zero-order chi connectivity index (χ0) is 19.8. The molecule has 0 saturated carbocycles. The van der Waals surface area contributed by atoms with Crippen molar-refractivity contribution in [3.8, 4) is 0 Å². The number of likely N-dealkylation sites (tertiary alicyclic amines) is 1. The van der Waals surface area contributed by atoms with Gasteiger partial charge < -0.3 is 15.1 Å². The van der Waals surface area contributed by atoms with Crippen LogP contribution in [0.3, 0.4) is 0 Å². The van der Waals surface area contributed by atoms with Crippen molar-refractivity contribution in [2.24, 2.45) is 0 Å². The molecule has 1 aliphatic heterocycles. The molecule has 1 atom stereocenters. The predicted molar refractivity (Wildman–Crippen MR) is 110 cm³/mol. The Morgan fingerprint density at radius 1 is 1.36 bits per heavy atom. The molecular formula is C19H19ClFN5OS. The van der Waals surface area contributed by atoms with Crippen molar-refractivity contribution in [2.45, 2.75) is 12.5 Å². The van der Waals surface area contributed by atoms with Crippen LogP contribution in [0.25, 0.3) is 10.2 Å². The van der Waals surface area contributed by atoms with E-state index in [1.54, 1.807) is 6.07 Å². The number of hydrogen-bond acceptors (Lipinski definition) is 6. The minimum atomic E-state index is -0.481. The molecule has 146 valence electrons. The fourth-order valence-electron chi connectivity index (χ4n) is 3.27. The molecule has 9 heteroatoms. The van der Waals surface area contributed by atoms with Crippen molar-refractivity contribution in [3.05, 3.63) is 46.3 Å². The Morgan fingerprint density at radius 2 is 2.18 bits per heavy atom. The second kappa shape index (κ2) is 7.62. The average Bonchev–Trinajstić information content (AvgIpc) is 3.32. The SMILES string of the molecule is CN(C)[C@@H]1CCN(C(=O)c2cc3c(Nc4ccc(F)c(Cl)c4)ncnc3s2)C1. The van der Waals surface area contributed by atoms with E-state index in [9.17, 15) is 9.18 Å². The molecule has 0 bridgehead atoms. The van der Waals surface area contributed by atoms with Gasteiger partial charge in [0.25, 0.3) is 5.91 Å². The molecule has 0 unspecified atom stereocenters. The van der Waals surface area contributed by atoms with Gasteiger partial charge in [-0.05, 0) is 44.8 Å². The summed E-state index contributed by atoms with van der Waals surface area (Å²) in [5.74, 6) is 0.0869. The molecule has 28 heavy (non-hydrogen) atoms. The maximum atomic E-state index is 13.4. The summed E-state index contributed by atoms with van der Waals surface area (Å²) >= 11 is 7.20. The summed E-state index contributed by atoms with van der Waals surface area (Å²) in [5, 5.41) is 3.91. The Kier molecular flexibility index (Phi) is 5.18. The fraction of sp³-hybridized carbons (Fsp3) is 0.316. The van der Waals surface area contributed by atoms with E-state index in [-0.39, 0.29) is 10.9 Å². The van der Waals surface area contributed by atoms with Crippen LogP contribution in [-0.2, 0) is 0 Å². The highest BCUT2D eigenvalue weighted by Crippen LogP contribution is 2.32. The quantitative estimate of drug-likeness (QED) is 0.692. The molecule has 0 spiro atoms. The molecular weight excluding hydrogens is 401 g/mol. The van der Waals surface area contributed by atoms with E-state index in [0.29, 0.717) is 22.4 Å². The third-order valence-electron chi connectivity index (χ3n) is 4.90. The van der Waals surface area contributed by atoms with Crippen LogP contribution >= 0.6 is 22.9 Å². The lowest BCUT2D eigenvalue weighted by Crippen LogP contribution is -2.34. The minimum absolute atomic E-state index is 0.0168. The summed E-state index contributed by atoms with van der Waals surface area (Å²) in [7, 11) is 4.07. The van der Waals surface area contributed by atoms with Crippen LogP contribution in [0.4, 0.5) is 15.9 Å². The number of carbonyl (C=O) groups excluding carboxylic acids is 1. The van der Waals surface area contributed by atoms with Crippen LogP contribution in [0.15, 0.2) is 30.6 Å². The van der Waals surface area contributed by atoms with Gasteiger partial charge in [-0.1, -0.05) is 11.6 Å². The van der Waals surface area contributed by atoms with Gasteiger partial charge in [-0.3, -0.25) is 4.79 Å². The van der Waals surface area contributed by atoms with Gasteiger partial charge in [-0.25, -0.2) is 14.4 Å². The third-order valence-corrected chi connectivity index (χ3v) is 6.22. The highest BCUT2D eigenvalue weighted by Gasteiger charge is 2.29. The normalized spacial score (nSPS) is 16.9. The Hall–Kier alpha value is -2.29. The van der Waals surface area contributed by atoms with Gasteiger partial charge in [0.15, 0.2) is 0 Å². The number of likely N-dealkylation sites (N-methyl/N-ethyl adjacent to an activating group) is 1. The van der Waals surface area contributed by atoms with Gasteiger partial charge in [0, 0.05) is 24.8 Å². The molecule has 1 N–H and O–H groups in total. The van der Waals surface area contributed by atoms with E-state index in [0.717, 1.165) is 29.7 Å². The largest absolute Gasteiger partial charge is 0.340 e. The number of carbonyl (C=O) groups is 1. The first-order valence-corrected chi connectivity index (χ1v) is 10.0. The fourth-order valence-corrected chi connectivity index (χ4v) is 4.42. The molecule has 3 heterocycles. The highest BCUT2D eigenvalue weighted by molar-refractivity contribution is 7.20. The van der Waals surface area contributed by atoms with Crippen LogP contribution < -0.4 is 5.32 Å². The van der Waals surface area contributed by atoms with E-state index in [1.807, 2.05) is 25.1 Å². The summed E-state index contributed by atoms with van der Waals surface area (Å²) in [6, 6.07) is 6.58. The summed E-state index contributed by atoms with van der Waals surface area (Å²) in [6.07, 6.45) is 2.42. The lowest BCUT2D eigenvalue weighted by atomic mass is 10.2. The van der Waals surface area contributed by atoms with E-state index in [4.69, 9.17) is 11.6 Å². The van der Waals surface area contributed by atoms with E-state index in [2.05, 4.69) is 20.2 Å². The van der Waals surface area contributed by atoms with Gasteiger partial charge in [-0.2, -0.15) is 0 Å². The number of thiophene rings is 1. The number of nitrogens with zero attached hydrogens (tertiary/aromatic N) is 4. The van der Waals surface area contributed by atoms with E-state index >= 15 is 0 Å². The Bertz CT molecular complexity index is 1040. The first kappa shape index (κ1) is 19.0. The molecule has 1 saturated heterocycles. The molecule has 1 aliphatic rings. The van der Waals surface area contributed by atoms with Crippen molar-refractivity contribution >= 4 is 50.6 Å². The van der Waals surface area contributed by atoms with E-state index in [1.165, 1.54) is 29.8 Å². The van der Waals surface area contributed by atoms with Gasteiger partial charge in [0.2, 0.25) is 0 Å². The summed E-state index contributed by atoms with van der Waals surface area (Å²) < 4.78 is 13.4. The molecule has 2 aromatic heterocycles. The summed E-state index contributed by atoms with van der Waals surface area (Å²) in [5.41, 5.74) is 0.610. The van der Waals surface area contributed by atoms with Crippen LogP contribution in [0.2, 0.25) is 5.02 Å². The lowest BCUT2D eigenvalue weighted by molar-refractivity contribution is 0.0788. The smallest absolute Gasteiger partial charge is 0.264 e. The molecule has 4 rings (SSSR count). The molecule has 1 fully saturated rings. The minimum Gasteiger partial charge on any atom is -0.340 e. The Balaban J connectivity index is 1.60. The van der Waals surface area contributed by atoms with Crippen LogP contribution in [0, 0.1) is 5.82 Å². The van der Waals surface area contributed by atoms with Crippen LogP contribution in [0.1, 0.15) is 16.1 Å². The number of anilines is 2. The third kappa shape index (κ3) is 3.67. The van der Waals surface area contributed by atoms with Crippen molar-refractivity contribution in [1.29, 1.82) is 0 Å². The van der Waals surface area contributed by atoms with E-state index < -0.39 is 5.82 Å². The molecule has 0 aliphatic carbocycles. The number of nitrogens with one attached hydrogen (secondary N) is 1. The highest BCUT2D eigenvalue weighted by atomic mass is 35.5. The summed E-state index contributed by atoms with van der Waals surface area (Å²) in [6.45, 7) is 1.48. The molecule has 3 aromatic rings. The van der Waals surface area contributed by atoms with Crippen molar-refractivity contribution in [3.63, 3.8) is 0 Å². The van der Waals surface area contributed by atoms with Crippen molar-refractivity contribution < 1.29 is 9.18 Å². The van der Waals surface area contributed by atoms with Crippen LogP contribution in [-0.4, -0.2) is 58.9 Å². The van der Waals surface area contributed by atoms with Gasteiger partial charge >= 0.3 is 0 Å². The lowest BCUT2D eigenvalue weighted by Gasteiger charge is -2.19. The standard InChI is InChI=1S/C19H19ClFN5OS/c1-25(2)12-5-6-26(9-12)19(27)16-8-13-17(22-10-23-18(13)28-16)24-11-3-4-15(21)14(20)7-11/h3-4,7-8,10,12H,5-6,9H2,1-2H3,(H,22,23,24)/t12-/m1/s1.